The van der Waals surface area contributed by atoms with Crippen molar-refractivity contribution in [1.82, 2.24) is 5.32 Å². The molecule has 2 rings (SSSR count). The fraction of sp³-hybridized carbons (Fsp3) is 0.250. The average Bonchev–Trinajstić information content (AvgIpc) is 2.50. The number of nitrogens with one attached hydrogen (secondary N) is 1. The summed E-state index contributed by atoms with van der Waals surface area (Å²) in [6.45, 7) is 2.17. The Morgan fingerprint density at radius 1 is 1.19 bits per heavy atom. The first kappa shape index (κ1) is 14.8. The summed E-state index contributed by atoms with van der Waals surface area (Å²) >= 11 is 0. The van der Waals surface area contributed by atoms with E-state index in [9.17, 15) is 9.59 Å². The molecule has 0 radical (unpaired) electrons. The Morgan fingerprint density at radius 3 is 2.62 bits per heavy atom. The number of benzene rings is 2. The van der Waals surface area contributed by atoms with Crippen LogP contribution in [-0.4, -0.2) is 25.2 Å². The molecule has 2 amide bonds. The van der Waals surface area contributed by atoms with Crippen molar-refractivity contribution in [3.63, 3.8) is 0 Å². The van der Waals surface area contributed by atoms with Crippen LogP contribution in [0.15, 0.2) is 42.5 Å². The van der Waals surface area contributed by atoms with Gasteiger partial charge in [0.05, 0.1) is 12.5 Å². The molecule has 0 saturated heterocycles. The summed E-state index contributed by atoms with van der Waals surface area (Å²) in [6.07, 6.45) is -0.841. The fourth-order valence-corrected chi connectivity index (χ4v) is 2.11. The molecule has 0 unspecified atom stereocenters. The van der Waals surface area contributed by atoms with Gasteiger partial charge in [-0.25, -0.2) is 4.79 Å². The van der Waals surface area contributed by atoms with Crippen LogP contribution < -0.4 is 11.1 Å². The minimum absolute atomic E-state index is 0.0749. The van der Waals surface area contributed by atoms with Crippen molar-refractivity contribution in [2.45, 2.75) is 12.8 Å². The lowest BCUT2D eigenvalue weighted by Gasteiger charge is -2.13. The molecule has 5 heteroatoms. The molecule has 0 bridgehead atoms. The van der Waals surface area contributed by atoms with Crippen LogP contribution in [0.25, 0.3) is 10.8 Å². The highest BCUT2D eigenvalue weighted by atomic mass is 16.5. The molecule has 2 aromatic rings. The summed E-state index contributed by atoms with van der Waals surface area (Å²) < 4.78 is 4.56. The maximum absolute atomic E-state index is 12.0. The van der Waals surface area contributed by atoms with Gasteiger partial charge >= 0.3 is 6.09 Å². The molecule has 0 aromatic heterocycles. The topological polar surface area (TPSA) is 81.4 Å². The molecule has 1 atom stereocenters. The molecule has 5 nitrogen and oxygen atoms in total. The summed E-state index contributed by atoms with van der Waals surface area (Å²) in [7, 11) is 0. The molecule has 21 heavy (non-hydrogen) atoms. The van der Waals surface area contributed by atoms with Crippen LogP contribution in [0.2, 0.25) is 0 Å². The third-order valence-electron chi connectivity index (χ3n) is 3.31. The summed E-state index contributed by atoms with van der Waals surface area (Å²) in [5.41, 5.74) is 5.79. The van der Waals surface area contributed by atoms with E-state index in [1.54, 1.807) is 0 Å². The first-order valence-corrected chi connectivity index (χ1v) is 6.76. The van der Waals surface area contributed by atoms with Crippen molar-refractivity contribution in [3.05, 3.63) is 48.0 Å². The predicted molar refractivity (Wildman–Crippen MR) is 80.9 cm³/mol. The monoisotopic (exact) mass is 286 g/mol. The fourth-order valence-electron chi connectivity index (χ4n) is 2.11. The number of carbonyl (C=O) groups excluding carboxylic acids is 2. The lowest BCUT2D eigenvalue weighted by molar-refractivity contribution is -0.122. The second-order valence-electron chi connectivity index (χ2n) is 4.79. The van der Waals surface area contributed by atoms with Gasteiger partial charge in [0.15, 0.2) is 0 Å². The maximum Gasteiger partial charge on any atom is 0.404 e. The number of primary amides is 1. The minimum atomic E-state index is -0.841. The van der Waals surface area contributed by atoms with Gasteiger partial charge in [-0.15, -0.1) is 0 Å². The zero-order valence-corrected chi connectivity index (χ0v) is 11.8. The van der Waals surface area contributed by atoms with E-state index in [1.807, 2.05) is 49.4 Å². The number of rotatable bonds is 5. The van der Waals surface area contributed by atoms with Crippen molar-refractivity contribution >= 4 is 22.8 Å². The standard InChI is InChI=1S/C16H18N2O3/c1-11(15(19)18-8-9-21-16(17)20)13-7-6-12-4-2-3-5-14(12)10-13/h2-7,10-11H,8-9H2,1H3,(H2,17,20)(H,18,19)/t11-/m1/s1. The SMILES string of the molecule is C[C@@H](C(=O)NCCOC(N)=O)c1ccc2ccccc2c1. The Kier molecular flexibility index (Phi) is 4.77. The van der Waals surface area contributed by atoms with E-state index in [0.29, 0.717) is 0 Å². The van der Waals surface area contributed by atoms with Crippen LogP contribution in [0, 0.1) is 0 Å². The van der Waals surface area contributed by atoms with E-state index in [2.05, 4.69) is 10.1 Å². The van der Waals surface area contributed by atoms with Crippen LogP contribution in [0.3, 0.4) is 0 Å². The molecule has 0 saturated carbocycles. The van der Waals surface area contributed by atoms with Crippen molar-refractivity contribution in [2.24, 2.45) is 5.73 Å². The van der Waals surface area contributed by atoms with E-state index >= 15 is 0 Å². The molecule has 0 aliphatic carbocycles. The smallest absolute Gasteiger partial charge is 0.404 e. The van der Waals surface area contributed by atoms with Gasteiger partial charge < -0.3 is 15.8 Å². The average molecular weight is 286 g/mol. The first-order valence-electron chi connectivity index (χ1n) is 6.76. The van der Waals surface area contributed by atoms with Gasteiger partial charge in [-0.1, -0.05) is 42.5 Å². The maximum atomic E-state index is 12.0. The number of hydrogen-bond donors (Lipinski definition) is 2. The second-order valence-corrected chi connectivity index (χ2v) is 4.79. The van der Waals surface area contributed by atoms with Gasteiger partial charge in [-0.05, 0) is 23.3 Å². The van der Waals surface area contributed by atoms with E-state index in [-0.39, 0.29) is 25.0 Å². The number of hydrogen-bond acceptors (Lipinski definition) is 3. The molecule has 0 fully saturated rings. The van der Waals surface area contributed by atoms with Crippen molar-refractivity contribution < 1.29 is 14.3 Å². The minimum Gasteiger partial charge on any atom is -0.448 e. The highest BCUT2D eigenvalue weighted by Gasteiger charge is 2.15. The molecule has 2 aromatic carbocycles. The van der Waals surface area contributed by atoms with Crippen LogP contribution >= 0.6 is 0 Å². The van der Waals surface area contributed by atoms with Crippen LogP contribution in [0.4, 0.5) is 4.79 Å². The Labute approximate surface area is 123 Å². The highest BCUT2D eigenvalue weighted by Crippen LogP contribution is 2.21. The number of fused-ring (bicyclic) bond motifs is 1. The van der Waals surface area contributed by atoms with Crippen LogP contribution in [0.5, 0.6) is 0 Å². The zero-order chi connectivity index (χ0) is 15.2. The number of carbonyl (C=O) groups is 2. The quantitative estimate of drug-likeness (QED) is 0.826. The molecule has 3 N–H and O–H groups in total. The van der Waals surface area contributed by atoms with Gasteiger partial charge in [-0.3, -0.25) is 4.79 Å². The number of amides is 2. The summed E-state index contributed by atoms with van der Waals surface area (Å²) in [4.78, 5) is 22.5. The first-order chi connectivity index (χ1) is 10.1. The Bertz CT molecular complexity index is 655. The number of ether oxygens (including phenoxy) is 1. The zero-order valence-electron chi connectivity index (χ0n) is 11.8. The largest absolute Gasteiger partial charge is 0.448 e. The van der Waals surface area contributed by atoms with Crippen molar-refractivity contribution in [3.8, 4) is 0 Å². The van der Waals surface area contributed by atoms with Gasteiger partial charge in [0.2, 0.25) is 5.91 Å². The van der Waals surface area contributed by atoms with Crippen LogP contribution in [0.1, 0.15) is 18.4 Å². The Morgan fingerprint density at radius 2 is 1.90 bits per heavy atom. The Balaban J connectivity index is 1.98. The Hall–Kier alpha value is -2.56. The third-order valence-corrected chi connectivity index (χ3v) is 3.31. The summed E-state index contributed by atoms with van der Waals surface area (Å²) in [5.74, 6) is -0.387. The van der Waals surface area contributed by atoms with E-state index in [1.165, 1.54) is 0 Å². The summed E-state index contributed by atoms with van der Waals surface area (Å²) in [5, 5.41) is 4.96. The predicted octanol–water partition coefficient (Wildman–Crippen LogP) is 2.15. The molecular formula is C16H18N2O3. The van der Waals surface area contributed by atoms with E-state index in [4.69, 9.17) is 5.73 Å². The van der Waals surface area contributed by atoms with Crippen molar-refractivity contribution in [1.29, 1.82) is 0 Å². The molecule has 0 spiro atoms. The lowest BCUT2D eigenvalue weighted by Crippen LogP contribution is -2.32. The van der Waals surface area contributed by atoms with Crippen molar-refractivity contribution in [2.75, 3.05) is 13.2 Å². The summed E-state index contributed by atoms with van der Waals surface area (Å²) in [6, 6.07) is 14.0. The van der Waals surface area contributed by atoms with Gasteiger partial charge in [-0.2, -0.15) is 0 Å². The second kappa shape index (κ2) is 6.74. The number of nitrogens with two attached hydrogens (primary N) is 1. The normalized spacial score (nSPS) is 11.9. The molecular weight excluding hydrogens is 268 g/mol. The van der Waals surface area contributed by atoms with E-state index in [0.717, 1.165) is 16.3 Å². The van der Waals surface area contributed by atoms with Gasteiger partial charge in [0.25, 0.3) is 0 Å². The van der Waals surface area contributed by atoms with E-state index < -0.39 is 6.09 Å². The van der Waals surface area contributed by atoms with Gasteiger partial charge in [0, 0.05) is 0 Å². The molecule has 110 valence electrons. The molecule has 0 aliphatic heterocycles. The highest BCUT2D eigenvalue weighted by molar-refractivity contribution is 5.87. The van der Waals surface area contributed by atoms with Gasteiger partial charge in [0.1, 0.15) is 6.61 Å². The molecule has 0 aliphatic rings. The van der Waals surface area contributed by atoms with Crippen LogP contribution in [-0.2, 0) is 9.53 Å². The molecule has 0 heterocycles. The lowest BCUT2D eigenvalue weighted by atomic mass is 9.97. The third kappa shape index (κ3) is 3.95.